The van der Waals surface area contributed by atoms with Crippen LogP contribution >= 0.6 is 0 Å². The summed E-state index contributed by atoms with van der Waals surface area (Å²) < 4.78 is 0. The van der Waals surface area contributed by atoms with Crippen LogP contribution in [0.15, 0.2) is 437 Å². The van der Waals surface area contributed by atoms with Gasteiger partial charge in [-0.1, -0.05) is 418 Å². The molecular formula is C124H90N2. The summed E-state index contributed by atoms with van der Waals surface area (Å²) in [7, 11) is 0. The number of hydrogen-bond donors (Lipinski definition) is 0. The van der Waals surface area contributed by atoms with Gasteiger partial charge >= 0.3 is 0 Å². The first-order valence-electron chi connectivity index (χ1n) is 44.7. The Labute approximate surface area is 737 Å². The monoisotopic (exact) mass is 1610 g/mol. The highest BCUT2D eigenvalue weighted by Gasteiger charge is 2.58. The summed E-state index contributed by atoms with van der Waals surface area (Å²) in [6, 6.07) is 165. The zero-order valence-electron chi connectivity index (χ0n) is 71.5. The van der Waals surface area contributed by atoms with Crippen molar-refractivity contribution in [2.45, 2.75) is 74.0 Å². The van der Waals surface area contributed by atoms with E-state index in [1.54, 1.807) is 0 Å². The van der Waals surface area contributed by atoms with Gasteiger partial charge in [0.25, 0.3) is 0 Å². The molecule has 0 saturated heterocycles. The molecule has 6 aliphatic rings. The van der Waals surface area contributed by atoms with E-state index < -0.39 is 16.2 Å². The molecule has 20 aromatic rings. The first-order chi connectivity index (χ1) is 61.8. The molecule has 20 aromatic carbocycles. The number of benzene rings is 20. The minimum Gasteiger partial charge on any atom is -0.310 e. The molecule has 2 spiro atoms. The molecule has 0 radical (unpaired) electrons. The lowest BCUT2D eigenvalue weighted by Crippen LogP contribution is -2.44. The summed E-state index contributed by atoms with van der Waals surface area (Å²) >= 11 is 0. The lowest BCUT2D eigenvalue weighted by atomic mass is 9.51. The van der Waals surface area contributed by atoms with Gasteiger partial charge in [0.15, 0.2) is 0 Å². The number of hydrogen-bond acceptors (Lipinski definition) is 2. The van der Waals surface area contributed by atoms with Gasteiger partial charge in [-0.15, -0.1) is 0 Å². The maximum Gasteiger partial charge on any atom is 0.0720 e. The topological polar surface area (TPSA) is 6.48 Å². The van der Waals surface area contributed by atoms with Crippen molar-refractivity contribution in [2.24, 2.45) is 0 Å². The maximum atomic E-state index is 2.56. The molecular weight excluding hydrogens is 1520 g/mol. The Hall–Kier alpha value is -15.0. The number of rotatable bonds is 8. The summed E-state index contributed by atoms with van der Waals surface area (Å²) in [6.07, 6.45) is 0. The van der Waals surface area contributed by atoms with E-state index in [9.17, 15) is 0 Å². The normalized spacial score (nSPS) is 15.3. The van der Waals surface area contributed by atoms with Crippen LogP contribution in [0.5, 0.6) is 0 Å². The molecule has 0 fully saturated rings. The van der Waals surface area contributed by atoms with E-state index in [1.165, 1.54) is 193 Å². The SMILES string of the molecule is CC1(C)c2ccccc2-c2ccc(N(c3ccc4c(c3)C3(c5ccccc5-4)c4ccccc4C(C)(C)c4ccccc43)c3cc4ccccc4c4ccccc34)cc21.CC1(C)c2ccccc2-c2ccc(N(c3ccc4c(c3)C3(c5ccccc5-4)c4ccccc4C(c4ccccc4)(c4ccccc4)c4ccccc43)c3cc4ccccc4c4ccccc34)cc21. The second kappa shape index (κ2) is 27.3. The van der Waals surface area contributed by atoms with E-state index >= 15 is 0 Å². The Kier molecular flexibility index (Phi) is 16.0. The van der Waals surface area contributed by atoms with Gasteiger partial charge in [-0.25, -0.2) is 0 Å². The van der Waals surface area contributed by atoms with Gasteiger partial charge in [0, 0.05) is 49.8 Å². The summed E-state index contributed by atoms with van der Waals surface area (Å²) in [5.74, 6) is 0. The summed E-state index contributed by atoms with van der Waals surface area (Å²) in [4.78, 5) is 5.11. The van der Waals surface area contributed by atoms with Crippen LogP contribution in [0.1, 0.15) is 142 Å². The molecule has 26 rings (SSSR count). The summed E-state index contributed by atoms with van der Waals surface area (Å²) in [5.41, 5.74) is 39.4. The average Bonchev–Trinajstić information content (AvgIpc) is 1.44. The fraction of sp³-hybridized carbons (Fsp3) is 0.0968. The van der Waals surface area contributed by atoms with Crippen LogP contribution in [-0.4, -0.2) is 0 Å². The zero-order valence-corrected chi connectivity index (χ0v) is 71.5. The van der Waals surface area contributed by atoms with E-state index in [0.717, 1.165) is 28.4 Å². The zero-order chi connectivity index (χ0) is 84.2. The minimum absolute atomic E-state index is 0.134. The number of fused-ring (bicyclic) bond motifs is 30. The molecule has 0 aromatic heterocycles. The predicted molar refractivity (Wildman–Crippen MR) is 526 cm³/mol. The lowest BCUT2D eigenvalue weighted by molar-refractivity contribution is 0.563. The van der Waals surface area contributed by atoms with Crippen molar-refractivity contribution in [3.8, 4) is 44.5 Å². The molecule has 0 unspecified atom stereocenters. The van der Waals surface area contributed by atoms with Crippen LogP contribution in [0, 0.1) is 0 Å². The summed E-state index contributed by atoms with van der Waals surface area (Å²) in [6.45, 7) is 14.3. The van der Waals surface area contributed by atoms with Crippen molar-refractivity contribution in [1.82, 2.24) is 0 Å². The summed E-state index contributed by atoms with van der Waals surface area (Å²) in [5, 5.41) is 9.95. The molecule has 0 N–H and O–H groups in total. The number of nitrogens with zero attached hydrogens (tertiary/aromatic N) is 2. The van der Waals surface area contributed by atoms with Crippen LogP contribution in [0.25, 0.3) is 87.6 Å². The molecule has 0 saturated carbocycles. The van der Waals surface area contributed by atoms with Gasteiger partial charge in [-0.05, 0) is 238 Å². The Morgan fingerprint density at radius 3 is 0.738 bits per heavy atom. The molecule has 126 heavy (non-hydrogen) atoms. The quantitative estimate of drug-likeness (QED) is 0.140. The van der Waals surface area contributed by atoms with Crippen molar-refractivity contribution in [3.63, 3.8) is 0 Å². The van der Waals surface area contributed by atoms with Crippen LogP contribution in [0.3, 0.4) is 0 Å². The fourth-order valence-corrected chi connectivity index (χ4v) is 24.7. The van der Waals surface area contributed by atoms with E-state index in [0.29, 0.717) is 0 Å². The molecule has 0 bridgehead atoms. The Morgan fingerprint density at radius 1 is 0.151 bits per heavy atom. The first-order valence-corrected chi connectivity index (χ1v) is 44.7. The molecule has 0 heterocycles. The van der Waals surface area contributed by atoms with Crippen LogP contribution in [0.4, 0.5) is 34.1 Å². The molecule has 2 nitrogen and oxygen atoms in total. The highest BCUT2D eigenvalue weighted by Crippen LogP contribution is 2.68. The molecule has 6 aliphatic carbocycles. The Bertz CT molecular complexity index is 7830. The molecule has 0 amide bonds. The molecule has 2 heteroatoms. The van der Waals surface area contributed by atoms with E-state index in [-0.39, 0.29) is 16.2 Å². The fourth-order valence-electron chi connectivity index (χ4n) is 24.7. The minimum atomic E-state index is -0.624. The third kappa shape index (κ3) is 9.98. The second-order valence-corrected chi connectivity index (χ2v) is 37.1. The van der Waals surface area contributed by atoms with Crippen LogP contribution in [0.2, 0.25) is 0 Å². The second-order valence-electron chi connectivity index (χ2n) is 37.1. The van der Waals surface area contributed by atoms with E-state index in [1.807, 2.05) is 0 Å². The first kappa shape index (κ1) is 73.7. The van der Waals surface area contributed by atoms with Gasteiger partial charge in [0.2, 0.25) is 0 Å². The predicted octanol–water partition coefficient (Wildman–Crippen LogP) is 31.6. The van der Waals surface area contributed by atoms with Gasteiger partial charge in [-0.2, -0.15) is 0 Å². The Balaban J connectivity index is 0.000000139. The lowest BCUT2D eigenvalue weighted by Gasteiger charge is -2.50. The van der Waals surface area contributed by atoms with Gasteiger partial charge < -0.3 is 9.80 Å². The Morgan fingerprint density at radius 2 is 0.381 bits per heavy atom. The largest absolute Gasteiger partial charge is 0.310 e. The van der Waals surface area contributed by atoms with Crippen molar-refractivity contribution >= 4 is 77.2 Å². The third-order valence-corrected chi connectivity index (χ3v) is 30.1. The van der Waals surface area contributed by atoms with E-state index in [2.05, 4.69) is 488 Å². The number of anilines is 6. The molecule has 596 valence electrons. The van der Waals surface area contributed by atoms with Crippen molar-refractivity contribution in [3.05, 3.63) is 537 Å². The van der Waals surface area contributed by atoms with Gasteiger partial charge in [0.1, 0.15) is 0 Å². The average molecular weight is 1610 g/mol. The highest BCUT2D eigenvalue weighted by molar-refractivity contribution is 6.16. The standard InChI is InChI=1S/C67H47N.C57H43N/c1-65(2)56-31-15-13-28-51(56)53-39-37-47(42-62(53)65)68(64-41-44-21-9-10-26-49(44)50-27-11-12-30-55(50)64)48-38-40-54-52-29-14-16-32-57(52)67(63(54)43-48)60-35-19-17-33-58(60)66(45-22-5-3-6-23-45,46-24-7-4-8-25-46)59-34-18-20-36-61(59)67;1-55(2)46-23-11-9-20-41(46)43-31-29-37(34-52(43)55)58(54-33-36-17-5-6-18-39(36)40-19-7-8-22-45(40)54)38-30-32-44-42-21-10-12-24-47(42)57(53(44)35-38)50-27-15-13-25-48(50)56(3,4)49-26-14-16-28-51(49)57/h3-43H,1-2H3;5-35H,1-4H3. The smallest absolute Gasteiger partial charge is 0.0720 e. The highest BCUT2D eigenvalue weighted by atomic mass is 15.2. The van der Waals surface area contributed by atoms with Crippen LogP contribution < -0.4 is 9.80 Å². The molecule has 0 atom stereocenters. The van der Waals surface area contributed by atoms with Crippen LogP contribution in [-0.2, 0) is 32.5 Å². The molecule has 0 aliphatic heterocycles. The van der Waals surface area contributed by atoms with Gasteiger partial charge in [-0.3, -0.25) is 0 Å². The van der Waals surface area contributed by atoms with E-state index in [4.69, 9.17) is 0 Å². The maximum absolute atomic E-state index is 2.56. The van der Waals surface area contributed by atoms with Crippen molar-refractivity contribution < 1.29 is 0 Å². The van der Waals surface area contributed by atoms with Crippen molar-refractivity contribution in [2.75, 3.05) is 9.80 Å². The van der Waals surface area contributed by atoms with Gasteiger partial charge in [0.05, 0.1) is 27.6 Å². The van der Waals surface area contributed by atoms with Crippen molar-refractivity contribution in [1.29, 1.82) is 0 Å². The third-order valence-electron chi connectivity index (χ3n) is 30.1.